The van der Waals surface area contributed by atoms with Gasteiger partial charge < -0.3 is 25.8 Å². The van der Waals surface area contributed by atoms with Gasteiger partial charge in [0, 0.05) is 30.5 Å². The highest BCUT2D eigenvalue weighted by molar-refractivity contribution is 7.92. The molecule has 4 rings (SSSR count). The van der Waals surface area contributed by atoms with Crippen molar-refractivity contribution < 1.29 is 37.0 Å². The smallest absolute Gasteiger partial charge is 0.411 e. The Morgan fingerprint density at radius 2 is 1.84 bits per heavy atom. The number of anilines is 2. The normalized spacial score (nSPS) is 15.6. The summed E-state index contributed by atoms with van der Waals surface area (Å²) in [6.07, 6.45) is -0.265. The van der Waals surface area contributed by atoms with Crippen molar-refractivity contribution in [3.05, 3.63) is 83.2 Å². The van der Waals surface area contributed by atoms with Gasteiger partial charge >= 0.3 is 6.09 Å². The standard InChI is InChI=1S/C31H35FN4O7S/c1-18(2)44(41,42)27-13-11-22(35(3)31(39)40)17-23(27)25-9-6-14-36(25)30(38)28(19-10-12-24(32)26(16-19)43-4)34-21-8-5-7-20(15-21)29(33)37/h5,7-8,10-13,15-18,25,28,34H,6,9,14H2,1-4H3,(H2,33,37)(H,39,40)/t25-,28-/m1/s1. The van der Waals surface area contributed by atoms with E-state index in [-0.39, 0.29) is 28.4 Å². The van der Waals surface area contributed by atoms with Gasteiger partial charge in [-0.25, -0.2) is 17.6 Å². The Morgan fingerprint density at radius 1 is 1.11 bits per heavy atom. The third kappa shape index (κ3) is 6.47. The molecule has 1 fully saturated rings. The monoisotopic (exact) mass is 626 g/mol. The quantitative estimate of drug-likeness (QED) is 0.291. The molecule has 1 heterocycles. The molecule has 2 atom stereocenters. The minimum Gasteiger partial charge on any atom is -0.494 e. The van der Waals surface area contributed by atoms with E-state index in [4.69, 9.17) is 10.5 Å². The SMILES string of the molecule is COc1cc([C@@H](Nc2cccc(C(N)=O)c2)C(=O)N2CCC[C@@H]2c2cc(N(C)C(=O)O)ccc2S(=O)(=O)C(C)C)ccc1F. The van der Waals surface area contributed by atoms with Crippen LogP contribution in [-0.2, 0) is 14.6 Å². The lowest BCUT2D eigenvalue weighted by atomic mass is 10.0. The number of halogens is 1. The Hall–Kier alpha value is -4.65. The van der Waals surface area contributed by atoms with Gasteiger partial charge in [-0.1, -0.05) is 12.1 Å². The lowest BCUT2D eigenvalue weighted by Crippen LogP contribution is -2.38. The summed E-state index contributed by atoms with van der Waals surface area (Å²) in [4.78, 5) is 40.5. The molecule has 13 heteroatoms. The molecular formula is C31H35FN4O7S. The second-order valence-corrected chi connectivity index (χ2v) is 13.2. The summed E-state index contributed by atoms with van der Waals surface area (Å²) in [6.45, 7) is 3.38. The number of carboxylic acid groups (broad SMARTS) is 1. The topological polar surface area (TPSA) is 159 Å². The number of nitrogens with zero attached hydrogens (tertiary/aromatic N) is 2. The highest BCUT2D eigenvalue weighted by atomic mass is 32.2. The molecule has 0 unspecified atom stereocenters. The first kappa shape index (κ1) is 32.3. The lowest BCUT2D eigenvalue weighted by Gasteiger charge is -2.32. The third-order valence-corrected chi connectivity index (χ3v) is 9.93. The first-order valence-corrected chi connectivity index (χ1v) is 15.5. The zero-order chi connectivity index (χ0) is 32.3. The maximum atomic E-state index is 14.4. The predicted molar refractivity (Wildman–Crippen MR) is 163 cm³/mol. The predicted octanol–water partition coefficient (Wildman–Crippen LogP) is 4.75. The second-order valence-electron chi connectivity index (χ2n) is 10.8. The van der Waals surface area contributed by atoms with Gasteiger partial charge in [0.2, 0.25) is 11.8 Å². The molecule has 1 aliphatic rings. The highest BCUT2D eigenvalue weighted by Gasteiger charge is 2.38. The van der Waals surface area contributed by atoms with E-state index in [9.17, 15) is 32.3 Å². The average Bonchev–Trinajstić information content (AvgIpc) is 3.49. The summed E-state index contributed by atoms with van der Waals surface area (Å²) in [5.41, 5.74) is 6.97. The van der Waals surface area contributed by atoms with Crippen LogP contribution >= 0.6 is 0 Å². The number of methoxy groups -OCH3 is 1. The number of hydrogen-bond acceptors (Lipinski definition) is 7. The van der Waals surface area contributed by atoms with Gasteiger partial charge in [0.1, 0.15) is 6.04 Å². The highest BCUT2D eigenvalue weighted by Crippen LogP contribution is 2.40. The number of nitrogens with two attached hydrogens (primary N) is 1. The summed E-state index contributed by atoms with van der Waals surface area (Å²) < 4.78 is 46.4. The van der Waals surface area contributed by atoms with Gasteiger partial charge in [0.05, 0.1) is 23.3 Å². The van der Waals surface area contributed by atoms with E-state index in [2.05, 4.69) is 5.32 Å². The number of hydrogen-bond donors (Lipinski definition) is 3. The van der Waals surface area contributed by atoms with Gasteiger partial charge in [0.25, 0.3) is 0 Å². The third-order valence-electron chi connectivity index (χ3n) is 7.70. The molecule has 3 aromatic carbocycles. The van der Waals surface area contributed by atoms with E-state index >= 15 is 0 Å². The molecule has 3 amide bonds. The van der Waals surface area contributed by atoms with Crippen LogP contribution in [0.2, 0.25) is 0 Å². The van der Waals surface area contributed by atoms with Crippen LogP contribution in [0.5, 0.6) is 5.75 Å². The van der Waals surface area contributed by atoms with Crippen LogP contribution in [0.15, 0.2) is 65.6 Å². The van der Waals surface area contributed by atoms with Crippen molar-refractivity contribution in [2.24, 2.45) is 5.73 Å². The Labute approximate surface area is 255 Å². The lowest BCUT2D eigenvalue weighted by molar-refractivity contribution is -0.133. The number of carbonyl (C=O) groups is 3. The number of carbonyl (C=O) groups excluding carboxylic acids is 2. The van der Waals surface area contributed by atoms with Gasteiger partial charge in [0.15, 0.2) is 21.4 Å². The first-order valence-electron chi connectivity index (χ1n) is 13.9. The minimum absolute atomic E-state index is 0.0156. The van der Waals surface area contributed by atoms with Crippen molar-refractivity contribution in [1.29, 1.82) is 0 Å². The number of sulfone groups is 1. The molecule has 3 aromatic rings. The van der Waals surface area contributed by atoms with Crippen molar-refractivity contribution in [2.75, 3.05) is 30.9 Å². The van der Waals surface area contributed by atoms with E-state index < -0.39 is 50.9 Å². The number of nitrogens with one attached hydrogen (secondary N) is 1. The minimum atomic E-state index is -3.83. The number of ether oxygens (including phenoxy) is 1. The molecule has 4 N–H and O–H groups in total. The molecule has 0 radical (unpaired) electrons. The molecule has 234 valence electrons. The van der Waals surface area contributed by atoms with E-state index in [1.54, 1.807) is 30.9 Å². The summed E-state index contributed by atoms with van der Waals surface area (Å²) in [5.74, 6) is -1.82. The zero-order valence-corrected chi connectivity index (χ0v) is 25.6. The van der Waals surface area contributed by atoms with E-state index in [1.807, 2.05) is 0 Å². The molecule has 44 heavy (non-hydrogen) atoms. The number of benzene rings is 3. The first-order chi connectivity index (χ1) is 20.8. The van der Waals surface area contributed by atoms with Crippen LogP contribution < -0.4 is 20.7 Å². The molecule has 0 saturated carbocycles. The summed E-state index contributed by atoms with van der Waals surface area (Å²) in [5, 5.41) is 11.9. The fraction of sp³-hybridized carbons (Fsp3) is 0.323. The average molecular weight is 627 g/mol. The number of likely N-dealkylation sites (tertiary alicyclic amines) is 1. The Bertz CT molecular complexity index is 1700. The number of amides is 3. The van der Waals surface area contributed by atoms with Gasteiger partial charge in [-0.05, 0) is 86.3 Å². The van der Waals surface area contributed by atoms with E-state index in [0.29, 0.717) is 29.7 Å². The van der Waals surface area contributed by atoms with E-state index in [1.165, 1.54) is 62.7 Å². The zero-order valence-electron chi connectivity index (χ0n) is 24.8. The van der Waals surface area contributed by atoms with Crippen LogP contribution in [0.25, 0.3) is 0 Å². The Kier molecular flexibility index (Phi) is 9.47. The molecule has 1 saturated heterocycles. The molecule has 0 aromatic heterocycles. The Balaban J connectivity index is 1.84. The van der Waals surface area contributed by atoms with Gasteiger partial charge in [-0.2, -0.15) is 0 Å². The molecule has 1 aliphatic heterocycles. The maximum absolute atomic E-state index is 14.4. The number of primary amides is 1. The van der Waals surface area contributed by atoms with Crippen LogP contribution in [0.4, 0.5) is 20.6 Å². The van der Waals surface area contributed by atoms with E-state index in [0.717, 1.165) is 4.90 Å². The fourth-order valence-electron chi connectivity index (χ4n) is 5.22. The summed E-state index contributed by atoms with van der Waals surface area (Å²) >= 11 is 0. The largest absolute Gasteiger partial charge is 0.494 e. The second kappa shape index (κ2) is 12.9. The molecule has 0 aliphatic carbocycles. The van der Waals surface area contributed by atoms with Crippen molar-refractivity contribution in [3.8, 4) is 5.75 Å². The Morgan fingerprint density at radius 3 is 2.48 bits per heavy atom. The van der Waals surface area contributed by atoms with Crippen molar-refractivity contribution >= 4 is 39.1 Å². The molecule has 0 spiro atoms. The molecule has 0 bridgehead atoms. The van der Waals surface area contributed by atoms with Crippen LogP contribution in [0.3, 0.4) is 0 Å². The van der Waals surface area contributed by atoms with Crippen molar-refractivity contribution in [2.45, 2.75) is 48.9 Å². The van der Waals surface area contributed by atoms with Crippen LogP contribution in [-0.4, -0.2) is 62.3 Å². The van der Waals surface area contributed by atoms with Crippen molar-refractivity contribution in [1.82, 2.24) is 4.90 Å². The summed E-state index contributed by atoms with van der Waals surface area (Å²) in [7, 11) is -1.18. The summed E-state index contributed by atoms with van der Waals surface area (Å²) in [6, 6.07) is 12.8. The number of rotatable bonds is 10. The van der Waals surface area contributed by atoms with Crippen LogP contribution in [0, 0.1) is 5.82 Å². The van der Waals surface area contributed by atoms with Gasteiger partial charge in [-0.15, -0.1) is 0 Å². The van der Waals surface area contributed by atoms with Crippen LogP contribution in [0.1, 0.15) is 60.3 Å². The molecular weight excluding hydrogens is 591 g/mol. The maximum Gasteiger partial charge on any atom is 0.411 e. The molecule has 11 nitrogen and oxygen atoms in total. The van der Waals surface area contributed by atoms with Gasteiger partial charge in [-0.3, -0.25) is 14.5 Å². The fourth-order valence-corrected chi connectivity index (χ4v) is 6.51. The van der Waals surface area contributed by atoms with Crippen molar-refractivity contribution in [3.63, 3.8) is 0 Å².